The van der Waals surface area contributed by atoms with Crippen LogP contribution in [0.4, 0.5) is 5.69 Å². The molecule has 1 heterocycles. The standard InChI is InChI=1S/C12H16N4O2/c13-4-3-9(17)12(18)10-7(14)1-2-8-11(10)16-6-5-15-8/h1-2,5-6,9,12,17-18H,3-4,13-14H2. The second-order valence-corrected chi connectivity index (χ2v) is 4.08. The summed E-state index contributed by atoms with van der Waals surface area (Å²) in [4.78, 5) is 8.30. The molecule has 6 nitrogen and oxygen atoms in total. The third kappa shape index (κ3) is 2.26. The van der Waals surface area contributed by atoms with Crippen molar-refractivity contribution < 1.29 is 10.2 Å². The van der Waals surface area contributed by atoms with Gasteiger partial charge in [0.2, 0.25) is 0 Å². The molecule has 6 N–H and O–H groups in total. The molecule has 0 bridgehead atoms. The average molecular weight is 248 g/mol. The number of nitrogens with zero attached hydrogens (tertiary/aromatic N) is 2. The van der Waals surface area contributed by atoms with Crippen molar-refractivity contribution in [2.45, 2.75) is 18.6 Å². The number of aliphatic hydroxyl groups excluding tert-OH is 2. The molecule has 0 radical (unpaired) electrons. The smallest absolute Gasteiger partial charge is 0.109 e. The first-order valence-corrected chi connectivity index (χ1v) is 5.70. The van der Waals surface area contributed by atoms with Crippen LogP contribution in [0.2, 0.25) is 0 Å². The first-order chi connectivity index (χ1) is 8.65. The van der Waals surface area contributed by atoms with E-state index in [-0.39, 0.29) is 13.0 Å². The molecule has 1 aromatic heterocycles. The van der Waals surface area contributed by atoms with Gasteiger partial charge >= 0.3 is 0 Å². The number of aromatic nitrogens is 2. The molecule has 0 saturated carbocycles. The van der Waals surface area contributed by atoms with Crippen LogP contribution >= 0.6 is 0 Å². The van der Waals surface area contributed by atoms with Gasteiger partial charge in [-0.2, -0.15) is 0 Å². The van der Waals surface area contributed by atoms with Crippen LogP contribution < -0.4 is 11.5 Å². The number of nitrogen functional groups attached to an aromatic ring is 1. The van der Waals surface area contributed by atoms with Gasteiger partial charge in [-0.1, -0.05) is 0 Å². The van der Waals surface area contributed by atoms with Crippen LogP contribution in [0.1, 0.15) is 18.1 Å². The first kappa shape index (κ1) is 12.7. The predicted molar refractivity (Wildman–Crippen MR) is 68.6 cm³/mol. The molecule has 0 fully saturated rings. The Balaban J connectivity index is 2.51. The summed E-state index contributed by atoms with van der Waals surface area (Å²) in [5, 5.41) is 20.0. The van der Waals surface area contributed by atoms with Crippen molar-refractivity contribution in [3.05, 3.63) is 30.1 Å². The zero-order chi connectivity index (χ0) is 13.1. The molecule has 2 unspecified atom stereocenters. The van der Waals surface area contributed by atoms with Crippen LogP contribution in [0.5, 0.6) is 0 Å². The van der Waals surface area contributed by atoms with Gasteiger partial charge in [0.05, 0.1) is 17.1 Å². The van der Waals surface area contributed by atoms with Gasteiger partial charge in [-0.25, -0.2) is 0 Å². The van der Waals surface area contributed by atoms with Gasteiger partial charge < -0.3 is 21.7 Å². The van der Waals surface area contributed by atoms with E-state index >= 15 is 0 Å². The van der Waals surface area contributed by atoms with E-state index in [1.165, 1.54) is 6.20 Å². The van der Waals surface area contributed by atoms with E-state index < -0.39 is 12.2 Å². The molecule has 2 rings (SSSR count). The van der Waals surface area contributed by atoms with Gasteiger partial charge in [-0.05, 0) is 25.1 Å². The number of anilines is 1. The molecular formula is C12H16N4O2. The van der Waals surface area contributed by atoms with Crippen molar-refractivity contribution in [1.82, 2.24) is 9.97 Å². The van der Waals surface area contributed by atoms with Gasteiger partial charge in [-0.3, -0.25) is 9.97 Å². The van der Waals surface area contributed by atoms with Gasteiger partial charge in [-0.15, -0.1) is 0 Å². The van der Waals surface area contributed by atoms with Gasteiger partial charge in [0.25, 0.3) is 0 Å². The largest absolute Gasteiger partial charge is 0.398 e. The summed E-state index contributed by atoms with van der Waals surface area (Å²) in [5.74, 6) is 0. The van der Waals surface area contributed by atoms with E-state index in [2.05, 4.69) is 9.97 Å². The van der Waals surface area contributed by atoms with Crippen molar-refractivity contribution in [1.29, 1.82) is 0 Å². The topological polar surface area (TPSA) is 118 Å². The number of rotatable bonds is 4. The van der Waals surface area contributed by atoms with Crippen LogP contribution in [-0.2, 0) is 0 Å². The second kappa shape index (κ2) is 5.26. The van der Waals surface area contributed by atoms with Crippen molar-refractivity contribution in [2.24, 2.45) is 5.73 Å². The number of fused-ring (bicyclic) bond motifs is 1. The summed E-state index contributed by atoms with van der Waals surface area (Å²) in [6.07, 6.45) is 1.29. The molecule has 0 saturated heterocycles. The fourth-order valence-corrected chi connectivity index (χ4v) is 1.91. The quantitative estimate of drug-likeness (QED) is 0.564. The zero-order valence-corrected chi connectivity index (χ0v) is 9.82. The van der Waals surface area contributed by atoms with Crippen LogP contribution in [-0.4, -0.2) is 32.8 Å². The molecule has 0 spiro atoms. The maximum atomic E-state index is 10.1. The highest BCUT2D eigenvalue weighted by Crippen LogP contribution is 2.30. The molecule has 6 heteroatoms. The highest BCUT2D eigenvalue weighted by molar-refractivity contribution is 5.83. The molecular weight excluding hydrogens is 232 g/mol. The number of hydrogen-bond donors (Lipinski definition) is 4. The summed E-state index contributed by atoms with van der Waals surface area (Å²) >= 11 is 0. The summed E-state index contributed by atoms with van der Waals surface area (Å²) in [6.45, 7) is 0.286. The minimum Gasteiger partial charge on any atom is -0.398 e. The molecule has 0 aliphatic heterocycles. The van der Waals surface area contributed by atoms with Gasteiger partial charge in [0.15, 0.2) is 0 Å². The van der Waals surface area contributed by atoms with E-state index in [0.717, 1.165) is 0 Å². The Bertz CT molecular complexity index is 547. The first-order valence-electron chi connectivity index (χ1n) is 5.70. The van der Waals surface area contributed by atoms with Crippen molar-refractivity contribution in [3.8, 4) is 0 Å². The van der Waals surface area contributed by atoms with Crippen molar-refractivity contribution in [3.63, 3.8) is 0 Å². The van der Waals surface area contributed by atoms with E-state index in [4.69, 9.17) is 11.5 Å². The monoisotopic (exact) mass is 248 g/mol. The second-order valence-electron chi connectivity index (χ2n) is 4.08. The summed E-state index contributed by atoms with van der Waals surface area (Å²) in [7, 11) is 0. The normalized spacial score (nSPS) is 14.6. The average Bonchev–Trinajstić information content (AvgIpc) is 2.38. The van der Waals surface area contributed by atoms with Crippen LogP contribution in [0.25, 0.3) is 11.0 Å². The molecule has 96 valence electrons. The summed E-state index contributed by atoms with van der Waals surface area (Å²) in [6, 6.07) is 3.37. The Morgan fingerprint density at radius 2 is 1.89 bits per heavy atom. The third-order valence-electron chi connectivity index (χ3n) is 2.84. The number of aliphatic hydroxyl groups is 2. The van der Waals surface area contributed by atoms with E-state index in [1.54, 1.807) is 18.3 Å². The summed E-state index contributed by atoms with van der Waals surface area (Å²) in [5.41, 5.74) is 13.1. The maximum Gasteiger partial charge on any atom is 0.109 e. The van der Waals surface area contributed by atoms with Crippen molar-refractivity contribution >= 4 is 16.7 Å². The molecule has 0 aliphatic carbocycles. The maximum absolute atomic E-state index is 10.1. The highest BCUT2D eigenvalue weighted by atomic mass is 16.3. The SMILES string of the molecule is NCCC(O)C(O)c1c(N)ccc2nccnc12. The lowest BCUT2D eigenvalue weighted by Gasteiger charge is -2.20. The van der Waals surface area contributed by atoms with Crippen LogP contribution in [0, 0.1) is 0 Å². The lowest BCUT2D eigenvalue weighted by molar-refractivity contribution is 0.0162. The Hall–Kier alpha value is -1.76. The molecule has 0 amide bonds. The molecule has 0 aliphatic rings. The number of nitrogens with two attached hydrogens (primary N) is 2. The molecule has 2 atom stereocenters. The summed E-state index contributed by atoms with van der Waals surface area (Å²) < 4.78 is 0. The Morgan fingerprint density at radius 1 is 1.17 bits per heavy atom. The lowest BCUT2D eigenvalue weighted by Crippen LogP contribution is -2.23. The molecule has 18 heavy (non-hydrogen) atoms. The predicted octanol–water partition coefficient (Wildman–Crippen LogP) is -0.0449. The fourth-order valence-electron chi connectivity index (χ4n) is 1.91. The highest BCUT2D eigenvalue weighted by Gasteiger charge is 2.23. The zero-order valence-electron chi connectivity index (χ0n) is 9.82. The van der Waals surface area contributed by atoms with E-state index in [9.17, 15) is 10.2 Å². The Morgan fingerprint density at radius 3 is 2.61 bits per heavy atom. The van der Waals surface area contributed by atoms with Gasteiger partial charge in [0, 0.05) is 23.6 Å². The lowest BCUT2D eigenvalue weighted by atomic mass is 9.98. The van der Waals surface area contributed by atoms with Crippen molar-refractivity contribution in [2.75, 3.05) is 12.3 Å². The minimum atomic E-state index is -1.12. The number of hydrogen-bond acceptors (Lipinski definition) is 6. The molecule has 1 aromatic carbocycles. The Kier molecular flexibility index (Phi) is 3.71. The Labute approximate surface area is 104 Å². The van der Waals surface area contributed by atoms with E-state index in [0.29, 0.717) is 22.3 Å². The third-order valence-corrected chi connectivity index (χ3v) is 2.84. The van der Waals surface area contributed by atoms with E-state index in [1.807, 2.05) is 0 Å². The van der Waals surface area contributed by atoms with Crippen LogP contribution in [0.3, 0.4) is 0 Å². The fraction of sp³-hybridized carbons (Fsp3) is 0.333. The van der Waals surface area contributed by atoms with Crippen LogP contribution in [0.15, 0.2) is 24.5 Å². The minimum absolute atomic E-state index is 0.286. The van der Waals surface area contributed by atoms with Gasteiger partial charge in [0.1, 0.15) is 6.10 Å². The molecule has 2 aromatic rings. The number of benzene rings is 1.